The van der Waals surface area contributed by atoms with Gasteiger partial charge >= 0.3 is 0 Å². The average molecular weight is 365 g/mol. The Balaban J connectivity index is 1.63. The van der Waals surface area contributed by atoms with E-state index in [2.05, 4.69) is 25.9 Å². The van der Waals surface area contributed by atoms with Gasteiger partial charge in [0.15, 0.2) is 4.34 Å². The van der Waals surface area contributed by atoms with Crippen molar-refractivity contribution in [1.29, 1.82) is 0 Å². The lowest BCUT2D eigenvalue weighted by Gasteiger charge is -2.09. The maximum atomic E-state index is 5.61. The van der Waals surface area contributed by atoms with Crippen LogP contribution in [0.25, 0.3) is 0 Å². The lowest BCUT2D eigenvalue weighted by Crippen LogP contribution is -1.97. The number of thioether (sulfide) groups is 1. The van der Waals surface area contributed by atoms with Crippen LogP contribution in [0.1, 0.15) is 17.6 Å². The molecule has 2 heterocycles. The third-order valence-corrected chi connectivity index (χ3v) is 5.67. The molecule has 1 N–H and O–H groups in total. The van der Waals surface area contributed by atoms with E-state index < -0.39 is 0 Å². The van der Waals surface area contributed by atoms with Crippen molar-refractivity contribution in [2.24, 2.45) is 0 Å². The number of nitrogens with one attached hydrogen (secondary N) is 1. The summed E-state index contributed by atoms with van der Waals surface area (Å²) in [6.07, 6.45) is 0. The number of anilines is 2. The van der Waals surface area contributed by atoms with Crippen LogP contribution in [0.15, 0.2) is 34.0 Å². The minimum absolute atomic E-state index is 0.628. The van der Waals surface area contributed by atoms with E-state index in [4.69, 9.17) is 4.74 Å². The van der Waals surface area contributed by atoms with E-state index >= 15 is 0 Å². The van der Waals surface area contributed by atoms with E-state index in [0.717, 1.165) is 37.4 Å². The Hall–Kier alpha value is -1.64. The zero-order valence-electron chi connectivity index (χ0n) is 12.8. The number of ether oxygens (including phenoxy) is 1. The van der Waals surface area contributed by atoms with Crippen LogP contribution in [-0.4, -0.2) is 21.8 Å². The number of hydrogen-bond donors (Lipinski definition) is 1. The molecule has 120 valence electrons. The van der Waals surface area contributed by atoms with Gasteiger partial charge in [-0.3, -0.25) is 0 Å². The summed E-state index contributed by atoms with van der Waals surface area (Å²) in [6, 6.07) is 7.82. The summed E-state index contributed by atoms with van der Waals surface area (Å²) >= 11 is 4.85. The highest BCUT2D eigenvalue weighted by Gasteiger charge is 2.09. The van der Waals surface area contributed by atoms with Gasteiger partial charge in [-0.15, -0.1) is 21.5 Å². The highest BCUT2D eigenvalue weighted by Crippen LogP contribution is 2.32. The summed E-state index contributed by atoms with van der Waals surface area (Å²) in [5.74, 6) is 1.63. The molecule has 0 saturated carbocycles. The molecule has 0 aliphatic carbocycles. The number of hydrogen-bond acceptors (Lipinski definition) is 8. The van der Waals surface area contributed by atoms with Gasteiger partial charge in [-0.05, 0) is 26.0 Å². The van der Waals surface area contributed by atoms with Gasteiger partial charge in [0.05, 0.1) is 23.0 Å². The van der Waals surface area contributed by atoms with Crippen LogP contribution in [-0.2, 0) is 5.75 Å². The Labute approximate surface area is 147 Å². The lowest BCUT2D eigenvalue weighted by molar-refractivity contribution is 0.342. The first-order chi connectivity index (χ1) is 11.2. The Bertz CT molecular complexity index is 771. The number of rotatable bonds is 7. The number of nitrogens with zero attached hydrogens (tertiary/aromatic N) is 3. The van der Waals surface area contributed by atoms with Gasteiger partial charge in [-0.2, -0.15) is 0 Å². The van der Waals surface area contributed by atoms with E-state index in [9.17, 15) is 0 Å². The third-order valence-electron chi connectivity index (χ3n) is 2.85. The summed E-state index contributed by atoms with van der Waals surface area (Å²) in [5.41, 5.74) is 1.99. The molecule has 5 nitrogen and oxygen atoms in total. The van der Waals surface area contributed by atoms with Crippen molar-refractivity contribution in [3.8, 4) is 5.75 Å². The average Bonchev–Trinajstić information content (AvgIpc) is 3.16. The van der Waals surface area contributed by atoms with Gasteiger partial charge in [0.2, 0.25) is 5.13 Å². The molecule has 0 radical (unpaired) electrons. The van der Waals surface area contributed by atoms with E-state index in [0.29, 0.717) is 6.61 Å². The molecule has 0 aliphatic rings. The predicted molar refractivity (Wildman–Crippen MR) is 97.2 cm³/mol. The molecule has 0 atom stereocenters. The SMILES string of the molecule is CCOc1ccccc1Nc1nnc(SCc2csc(C)n2)s1. The minimum atomic E-state index is 0.628. The van der Waals surface area contributed by atoms with Gasteiger partial charge in [0, 0.05) is 11.1 Å². The molecule has 0 unspecified atom stereocenters. The summed E-state index contributed by atoms with van der Waals surface area (Å²) in [7, 11) is 0. The molecule has 2 aromatic heterocycles. The van der Waals surface area contributed by atoms with Crippen molar-refractivity contribution in [2.45, 2.75) is 23.9 Å². The number of thiazole rings is 1. The Kier molecular flexibility index (Phi) is 5.47. The van der Waals surface area contributed by atoms with E-state index in [1.807, 2.05) is 38.1 Å². The van der Waals surface area contributed by atoms with Crippen LogP contribution in [0, 0.1) is 6.92 Å². The summed E-state index contributed by atoms with van der Waals surface area (Å²) in [4.78, 5) is 4.45. The molecule has 0 bridgehead atoms. The van der Waals surface area contributed by atoms with Gasteiger partial charge < -0.3 is 10.1 Å². The fraction of sp³-hybridized carbons (Fsp3) is 0.267. The van der Waals surface area contributed by atoms with Crippen molar-refractivity contribution in [2.75, 3.05) is 11.9 Å². The highest BCUT2D eigenvalue weighted by atomic mass is 32.2. The first-order valence-electron chi connectivity index (χ1n) is 7.10. The van der Waals surface area contributed by atoms with Crippen molar-refractivity contribution in [3.63, 3.8) is 0 Å². The number of aryl methyl sites for hydroxylation is 1. The normalized spacial score (nSPS) is 10.7. The molecule has 0 fully saturated rings. The topological polar surface area (TPSA) is 59.9 Å². The molecule has 3 rings (SSSR count). The molecule has 3 aromatic rings. The quantitative estimate of drug-likeness (QED) is 0.611. The Morgan fingerprint density at radius 3 is 2.91 bits per heavy atom. The van der Waals surface area contributed by atoms with Gasteiger partial charge in [-0.25, -0.2) is 4.98 Å². The van der Waals surface area contributed by atoms with Crippen molar-refractivity contribution < 1.29 is 4.74 Å². The van der Waals surface area contributed by atoms with Crippen LogP contribution < -0.4 is 10.1 Å². The summed E-state index contributed by atoms with van der Waals surface area (Å²) in [6.45, 7) is 4.61. The lowest BCUT2D eigenvalue weighted by atomic mass is 10.3. The van der Waals surface area contributed by atoms with Crippen molar-refractivity contribution in [1.82, 2.24) is 15.2 Å². The molecule has 1 aromatic carbocycles. The highest BCUT2D eigenvalue weighted by molar-refractivity contribution is 8.00. The number of para-hydroxylation sites is 2. The van der Waals surface area contributed by atoms with E-state index in [1.165, 1.54) is 11.3 Å². The maximum Gasteiger partial charge on any atom is 0.210 e. The monoisotopic (exact) mass is 364 g/mol. The molecule has 23 heavy (non-hydrogen) atoms. The van der Waals surface area contributed by atoms with Crippen molar-refractivity contribution in [3.05, 3.63) is 40.3 Å². The fourth-order valence-electron chi connectivity index (χ4n) is 1.90. The maximum absolute atomic E-state index is 5.61. The predicted octanol–water partition coefficient (Wildman–Crippen LogP) is 4.74. The second kappa shape index (κ2) is 7.76. The molecule has 8 heteroatoms. The fourth-order valence-corrected chi connectivity index (χ4v) is 4.27. The van der Waals surface area contributed by atoms with Crippen molar-refractivity contribution >= 4 is 45.3 Å². The smallest absolute Gasteiger partial charge is 0.210 e. The molecule has 0 saturated heterocycles. The Morgan fingerprint density at radius 1 is 1.26 bits per heavy atom. The van der Waals surface area contributed by atoms with E-state index in [-0.39, 0.29) is 0 Å². The van der Waals surface area contributed by atoms with Crippen LogP contribution in [0.5, 0.6) is 5.75 Å². The standard InChI is InChI=1S/C15H16N4OS3/c1-3-20-13-7-5-4-6-12(13)17-14-18-19-15(23-14)22-9-11-8-21-10(2)16-11/h4-8H,3,9H2,1-2H3,(H,17,18). The second-order valence-corrected chi connectivity index (χ2v) is 7.84. The van der Waals surface area contributed by atoms with Crippen LogP contribution in [0.3, 0.4) is 0 Å². The first kappa shape index (κ1) is 16.2. The largest absolute Gasteiger partial charge is 0.492 e. The van der Waals surface area contributed by atoms with Gasteiger partial charge in [0.25, 0.3) is 0 Å². The summed E-state index contributed by atoms with van der Waals surface area (Å²) < 4.78 is 6.53. The van der Waals surface area contributed by atoms with Crippen LogP contribution in [0.4, 0.5) is 10.8 Å². The van der Waals surface area contributed by atoms with Crippen LogP contribution in [0.2, 0.25) is 0 Å². The third kappa shape index (κ3) is 4.43. The second-order valence-electron chi connectivity index (χ2n) is 4.57. The molecule has 0 aliphatic heterocycles. The number of aromatic nitrogens is 3. The van der Waals surface area contributed by atoms with Gasteiger partial charge in [0.1, 0.15) is 5.75 Å². The zero-order chi connectivity index (χ0) is 16.1. The Morgan fingerprint density at radius 2 is 2.13 bits per heavy atom. The molecular weight excluding hydrogens is 348 g/mol. The first-order valence-corrected chi connectivity index (χ1v) is 9.79. The van der Waals surface area contributed by atoms with Crippen LogP contribution >= 0.6 is 34.4 Å². The van der Waals surface area contributed by atoms with E-state index in [1.54, 1.807) is 23.1 Å². The summed E-state index contributed by atoms with van der Waals surface area (Å²) in [5, 5.41) is 15.6. The molecule has 0 amide bonds. The number of benzene rings is 1. The van der Waals surface area contributed by atoms with Gasteiger partial charge in [-0.1, -0.05) is 35.2 Å². The molecule has 0 spiro atoms. The zero-order valence-corrected chi connectivity index (χ0v) is 15.2. The minimum Gasteiger partial charge on any atom is -0.492 e. The molecular formula is C15H16N4OS3.